The third-order valence-corrected chi connectivity index (χ3v) is 3.27. The average Bonchev–Trinajstić information content (AvgIpc) is 3.03. The highest BCUT2D eigenvalue weighted by molar-refractivity contribution is 5.75. The van der Waals surface area contributed by atoms with E-state index < -0.39 is 24.0 Å². The Balaban J connectivity index is 2.06. The zero-order chi connectivity index (χ0) is 19.3. The minimum atomic E-state index is -1.32. The van der Waals surface area contributed by atoms with Gasteiger partial charge in [0.05, 0.1) is 5.69 Å². The molecule has 0 aliphatic carbocycles. The van der Waals surface area contributed by atoms with Gasteiger partial charge in [-0.1, -0.05) is 6.92 Å². The number of hydrogen-bond acceptors (Lipinski definition) is 6. The fourth-order valence-electron chi connectivity index (χ4n) is 2.23. The summed E-state index contributed by atoms with van der Waals surface area (Å²) in [5.41, 5.74) is 3.57. The van der Waals surface area contributed by atoms with Crippen LogP contribution in [0.5, 0.6) is 0 Å². The number of aliphatic carboxylic acids is 1. The predicted molar refractivity (Wildman–Crippen MR) is 95.0 cm³/mol. The van der Waals surface area contributed by atoms with Crippen LogP contribution < -0.4 is 10.4 Å². The molecule has 1 unspecified atom stereocenters. The van der Waals surface area contributed by atoms with Crippen LogP contribution in [-0.4, -0.2) is 35.6 Å². The Labute approximate surface area is 152 Å². The van der Waals surface area contributed by atoms with Crippen molar-refractivity contribution in [1.29, 1.82) is 0 Å². The lowest BCUT2D eigenvalue weighted by atomic mass is 10.1. The molecule has 0 saturated heterocycles. The van der Waals surface area contributed by atoms with E-state index in [9.17, 15) is 9.59 Å². The molecule has 2 N–H and O–H groups in total. The van der Waals surface area contributed by atoms with Crippen LogP contribution in [0.3, 0.4) is 0 Å². The number of hydrazine groups is 1. The second kappa shape index (κ2) is 7.99. The van der Waals surface area contributed by atoms with Gasteiger partial charge in [0.2, 0.25) is 0 Å². The van der Waals surface area contributed by atoms with E-state index in [0.717, 1.165) is 12.1 Å². The molecule has 2 rings (SSSR count). The Morgan fingerprint density at radius 2 is 1.92 bits per heavy atom. The molecule has 0 aromatic heterocycles. The van der Waals surface area contributed by atoms with Crippen LogP contribution >= 0.6 is 0 Å². The van der Waals surface area contributed by atoms with E-state index in [1.54, 1.807) is 50.0 Å². The summed E-state index contributed by atoms with van der Waals surface area (Å²) in [6, 6.07) is 7.10. The number of carboxylic acid groups (broad SMARTS) is 1. The lowest BCUT2D eigenvalue weighted by molar-refractivity contribution is -0.161. The zero-order valence-electron chi connectivity index (χ0n) is 15.3. The number of anilines is 1. The molecule has 0 bridgehead atoms. The van der Waals surface area contributed by atoms with Crippen molar-refractivity contribution in [3.05, 3.63) is 36.1 Å². The van der Waals surface area contributed by atoms with Crippen LogP contribution in [0.25, 0.3) is 5.76 Å². The van der Waals surface area contributed by atoms with Crippen molar-refractivity contribution in [3.8, 4) is 0 Å². The number of carboxylic acids is 1. The largest absolute Gasteiger partial charge is 0.476 e. The number of amides is 1. The molecule has 1 aliphatic heterocycles. The number of carbonyl (C=O) groups is 2. The Bertz CT molecular complexity index is 678. The van der Waals surface area contributed by atoms with Crippen LogP contribution in [0, 0.1) is 0 Å². The van der Waals surface area contributed by atoms with Crippen molar-refractivity contribution in [1.82, 2.24) is 5.43 Å². The molecule has 1 aromatic carbocycles. The van der Waals surface area contributed by atoms with Crippen molar-refractivity contribution >= 4 is 23.5 Å². The first-order valence-corrected chi connectivity index (χ1v) is 8.32. The smallest absolute Gasteiger partial charge is 0.426 e. The fraction of sp³-hybridized carbons (Fsp3) is 0.444. The minimum Gasteiger partial charge on any atom is -0.476 e. The summed E-state index contributed by atoms with van der Waals surface area (Å²) in [7, 11) is 0. The summed E-state index contributed by atoms with van der Waals surface area (Å²) in [6.45, 7) is 7.99. The van der Waals surface area contributed by atoms with Crippen molar-refractivity contribution in [2.24, 2.45) is 0 Å². The number of hydrogen-bond donors (Lipinski definition) is 2. The molecule has 1 heterocycles. The molecule has 0 radical (unpaired) electrons. The van der Waals surface area contributed by atoms with Crippen LogP contribution in [0.15, 0.2) is 30.5 Å². The highest BCUT2D eigenvalue weighted by Crippen LogP contribution is 2.26. The Morgan fingerprint density at radius 1 is 1.27 bits per heavy atom. The number of carbonyl (C=O) groups excluding carboxylic acids is 1. The minimum absolute atomic E-state index is 0.339. The van der Waals surface area contributed by atoms with E-state index in [1.807, 2.05) is 6.92 Å². The fourth-order valence-corrected chi connectivity index (χ4v) is 2.23. The summed E-state index contributed by atoms with van der Waals surface area (Å²) in [6.07, 6.45) is 0.237. The second-order valence-corrected chi connectivity index (χ2v) is 6.72. The number of benzene rings is 1. The van der Waals surface area contributed by atoms with Gasteiger partial charge in [-0.2, -0.15) is 0 Å². The van der Waals surface area contributed by atoms with Crippen LogP contribution in [0.2, 0.25) is 0 Å². The second-order valence-electron chi connectivity index (χ2n) is 6.72. The Hall–Kier alpha value is -2.90. The van der Waals surface area contributed by atoms with Gasteiger partial charge in [0, 0.05) is 12.1 Å². The van der Waals surface area contributed by atoms with Gasteiger partial charge in [-0.3, -0.25) is 5.01 Å². The molecule has 26 heavy (non-hydrogen) atoms. The van der Waals surface area contributed by atoms with Crippen LogP contribution in [0.4, 0.5) is 10.5 Å². The molecular weight excluding hydrogens is 340 g/mol. The van der Waals surface area contributed by atoms with Gasteiger partial charge >= 0.3 is 18.4 Å². The summed E-state index contributed by atoms with van der Waals surface area (Å²) in [5, 5.41) is 10.6. The van der Waals surface area contributed by atoms with E-state index >= 15 is 0 Å². The quantitative estimate of drug-likeness (QED) is 0.749. The molecule has 1 aromatic rings. The molecular formula is C18H24N2O6. The average molecular weight is 364 g/mol. The first-order chi connectivity index (χ1) is 12.2. The molecule has 1 amide bonds. The SMILES string of the molecule is CCCN(NC(=O)OC(C)(C)C)c1ccc(C2=COC(C(=O)O)O2)cc1. The maximum Gasteiger partial charge on any atom is 0.426 e. The molecule has 0 spiro atoms. The van der Waals surface area contributed by atoms with Crippen LogP contribution in [0.1, 0.15) is 39.7 Å². The summed E-state index contributed by atoms with van der Waals surface area (Å²) in [4.78, 5) is 22.9. The summed E-state index contributed by atoms with van der Waals surface area (Å²) >= 11 is 0. The molecule has 0 saturated carbocycles. The summed E-state index contributed by atoms with van der Waals surface area (Å²) in [5.74, 6) is -0.852. The maximum absolute atomic E-state index is 12.0. The normalized spacial score (nSPS) is 16.2. The van der Waals surface area contributed by atoms with Crippen molar-refractivity contribution in [2.75, 3.05) is 11.6 Å². The molecule has 0 fully saturated rings. The third-order valence-electron chi connectivity index (χ3n) is 3.27. The zero-order valence-corrected chi connectivity index (χ0v) is 15.3. The lowest BCUT2D eigenvalue weighted by Gasteiger charge is -2.27. The number of rotatable bonds is 6. The molecule has 1 atom stereocenters. The van der Waals surface area contributed by atoms with Crippen molar-refractivity contribution < 1.29 is 28.9 Å². The van der Waals surface area contributed by atoms with Crippen molar-refractivity contribution in [3.63, 3.8) is 0 Å². The topological polar surface area (TPSA) is 97.3 Å². The number of nitrogens with zero attached hydrogens (tertiary/aromatic N) is 1. The van der Waals surface area contributed by atoms with Gasteiger partial charge in [0.25, 0.3) is 0 Å². The molecule has 8 heteroatoms. The first-order valence-electron chi connectivity index (χ1n) is 8.32. The predicted octanol–water partition coefficient (Wildman–Crippen LogP) is 3.10. The van der Waals surface area contributed by atoms with Gasteiger partial charge in [0.15, 0.2) is 5.76 Å². The van der Waals surface area contributed by atoms with E-state index in [0.29, 0.717) is 17.9 Å². The number of nitrogens with one attached hydrogen (secondary N) is 1. The Morgan fingerprint density at radius 3 is 2.42 bits per heavy atom. The number of ether oxygens (including phenoxy) is 3. The highest BCUT2D eigenvalue weighted by atomic mass is 16.7. The van der Waals surface area contributed by atoms with Gasteiger partial charge in [0.1, 0.15) is 11.9 Å². The van der Waals surface area contributed by atoms with E-state index in [4.69, 9.17) is 19.3 Å². The van der Waals surface area contributed by atoms with E-state index in [1.165, 1.54) is 6.26 Å². The van der Waals surface area contributed by atoms with Gasteiger partial charge in [-0.25, -0.2) is 15.0 Å². The monoisotopic (exact) mass is 364 g/mol. The third kappa shape index (κ3) is 5.30. The van der Waals surface area contributed by atoms with Crippen molar-refractivity contribution in [2.45, 2.75) is 46.0 Å². The summed E-state index contributed by atoms with van der Waals surface area (Å²) < 4.78 is 15.4. The maximum atomic E-state index is 12.0. The molecule has 142 valence electrons. The van der Waals surface area contributed by atoms with Crippen LogP contribution in [-0.2, 0) is 19.0 Å². The molecule has 1 aliphatic rings. The first kappa shape index (κ1) is 19.4. The Kier molecular flexibility index (Phi) is 5.97. The van der Waals surface area contributed by atoms with E-state index in [2.05, 4.69) is 5.43 Å². The van der Waals surface area contributed by atoms with Gasteiger partial charge in [-0.15, -0.1) is 0 Å². The standard InChI is InChI=1S/C18H24N2O6/c1-5-10-20(19-17(23)26-18(2,3)4)13-8-6-12(7-9-13)14-11-24-16(25-14)15(21)22/h6-9,11,16H,5,10H2,1-4H3,(H,19,23)(H,21,22). The highest BCUT2D eigenvalue weighted by Gasteiger charge is 2.27. The van der Waals surface area contributed by atoms with Gasteiger partial charge in [-0.05, 0) is 51.5 Å². The molecule has 8 nitrogen and oxygen atoms in total. The van der Waals surface area contributed by atoms with E-state index in [-0.39, 0.29) is 0 Å². The lowest BCUT2D eigenvalue weighted by Crippen LogP contribution is -2.45. The van der Waals surface area contributed by atoms with Gasteiger partial charge < -0.3 is 19.3 Å².